The average Bonchev–Trinajstić information content (AvgIpc) is 3.48. The first-order chi connectivity index (χ1) is 37.8. The Hall–Kier alpha value is -6.34. The molecule has 80 heavy (non-hydrogen) atoms. The molecule has 0 aromatic heterocycles. The van der Waals surface area contributed by atoms with Crippen molar-refractivity contribution in [2.24, 2.45) is 0 Å². The number of Topliss-reactive ketones (excluding diaryl/α,β-unsaturated/α-hetero) is 6. The number of hydroxylamine groups is 2. The zero-order chi connectivity index (χ0) is 60.6. The molecule has 4 rings (SSSR count). The van der Waals surface area contributed by atoms with Gasteiger partial charge in [0.15, 0.2) is 23.1 Å². The van der Waals surface area contributed by atoms with E-state index in [1.54, 1.807) is 72.9 Å². The van der Waals surface area contributed by atoms with Crippen LogP contribution >= 0.6 is 0 Å². The number of unbranched alkanes of at least 4 members (excludes halogenated alkanes) is 12. The lowest BCUT2D eigenvalue weighted by Crippen LogP contribution is -2.50. The van der Waals surface area contributed by atoms with E-state index in [-0.39, 0.29) is 63.6 Å². The highest BCUT2D eigenvalue weighted by molar-refractivity contribution is 6.52. The van der Waals surface area contributed by atoms with Crippen LogP contribution in [0.5, 0.6) is 0 Å². The highest BCUT2D eigenvalue weighted by Crippen LogP contribution is 2.30. The van der Waals surface area contributed by atoms with Crippen molar-refractivity contribution in [3.8, 4) is 0 Å². The van der Waals surface area contributed by atoms with Crippen molar-refractivity contribution in [1.82, 2.24) is 9.96 Å². The first-order valence-electron chi connectivity index (χ1n) is 27.8. The van der Waals surface area contributed by atoms with E-state index < -0.39 is 48.5 Å². The molecule has 0 saturated heterocycles. The predicted molar refractivity (Wildman–Crippen MR) is 308 cm³/mol. The van der Waals surface area contributed by atoms with E-state index in [1.165, 1.54) is 64.5 Å². The third kappa shape index (κ3) is 19.2. The van der Waals surface area contributed by atoms with Crippen molar-refractivity contribution >= 4 is 52.3 Å². The molecule has 0 heterocycles. The van der Waals surface area contributed by atoms with Gasteiger partial charge in [0, 0.05) is 87.5 Å². The van der Waals surface area contributed by atoms with E-state index in [2.05, 4.69) is 20.4 Å². The predicted octanol–water partition coefficient (Wildman–Crippen LogP) is 8.54. The fraction of sp³-hybridized carbons (Fsp3) is 0.524. The number of likely N-dealkylation sites (N-methyl/N-ethyl adjacent to an activating group) is 2. The molecule has 4 atom stereocenters. The summed E-state index contributed by atoms with van der Waals surface area (Å²) in [5.41, 5.74) is 4.23. The Morgan fingerprint density at radius 3 is 1.34 bits per heavy atom. The molecule has 0 radical (unpaired) electrons. The normalized spacial score (nSPS) is 16.8. The van der Waals surface area contributed by atoms with Gasteiger partial charge in [-0.1, -0.05) is 128 Å². The summed E-state index contributed by atoms with van der Waals surface area (Å²) in [5.74, 6) is -3.11. The van der Waals surface area contributed by atoms with Crippen molar-refractivity contribution in [2.75, 3.05) is 34.4 Å². The van der Waals surface area contributed by atoms with Crippen LogP contribution in [0.25, 0.3) is 5.76 Å². The molecular weight excluding hydrogens is 1020 g/mol. The maximum Gasteiger partial charge on any atom is 0.273 e. The number of aliphatic hydroxyl groups excluding tert-OH is 6. The summed E-state index contributed by atoms with van der Waals surface area (Å²) in [7, 11) is 4.39. The van der Waals surface area contributed by atoms with Crippen molar-refractivity contribution in [3.63, 3.8) is 0 Å². The van der Waals surface area contributed by atoms with Gasteiger partial charge in [-0.05, 0) is 79.4 Å². The van der Waals surface area contributed by atoms with Crippen LogP contribution in [-0.4, -0.2) is 146 Å². The number of fused-ring (bicyclic) bond motifs is 1. The van der Waals surface area contributed by atoms with Crippen LogP contribution < -0.4 is 0 Å². The quantitative estimate of drug-likeness (QED) is 0.0151. The van der Waals surface area contributed by atoms with Gasteiger partial charge in [-0.3, -0.25) is 43.2 Å². The largest absolute Gasteiger partial charge is 0.507 e. The molecule has 17 nitrogen and oxygen atoms in total. The molecule has 0 bridgehead atoms. The zero-order valence-corrected chi connectivity index (χ0v) is 49.0. The molecule has 17 heteroatoms. The minimum absolute atomic E-state index is 0.0290. The van der Waals surface area contributed by atoms with Crippen LogP contribution in [0.15, 0.2) is 110 Å². The minimum atomic E-state index is -1.80. The summed E-state index contributed by atoms with van der Waals surface area (Å²) >= 11 is 0. The Labute approximate surface area is 472 Å². The first-order valence-corrected chi connectivity index (χ1v) is 27.8. The average molecular weight is 1110 g/mol. The first kappa shape index (κ1) is 69.8. The maximum absolute atomic E-state index is 13.4. The van der Waals surface area contributed by atoms with Crippen molar-refractivity contribution in [3.05, 3.63) is 122 Å². The Balaban J connectivity index is 0.000000444. The summed E-state index contributed by atoms with van der Waals surface area (Å²) in [6.45, 7) is 16.3. The monoisotopic (exact) mass is 1110 g/mol. The number of hydrogen-bond donors (Lipinski definition) is 6. The number of carbonyl (C=O) groups is 8. The van der Waals surface area contributed by atoms with Gasteiger partial charge < -0.3 is 35.5 Å². The molecule has 2 amide bonds. The molecule has 0 saturated carbocycles. The van der Waals surface area contributed by atoms with Crippen LogP contribution in [0.1, 0.15) is 174 Å². The van der Waals surface area contributed by atoms with E-state index in [4.69, 9.17) is 9.94 Å². The topological polar surface area (TPSA) is 274 Å². The molecule has 3 aliphatic rings. The third-order valence-corrected chi connectivity index (χ3v) is 14.8. The number of rotatable bonds is 28. The number of allylic oxidation sites excluding steroid dienone is 12. The lowest BCUT2D eigenvalue weighted by atomic mass is 9.84. The molecule has 1 aromatic rings. The Morgan fingerprint density at radius 1 is 0.537 bits per heavy atom. The van der Waals surface area contributed by atoms with E-state index in [1.807, 2.05) is 0 Å². The van der Waals surface area contributed by atoms with Gasteiger partial charge in [0.25, 0.3) is 5.91 Å². The number of carbonyl (C=O) groups excluding carboxylic acids is 8. The Kier molecular flexibility index (Phi) is 30.3. The van der Waals surface area contributed by atoms with Gasteiger partial charge in [0.05, 0.1) is 19.3 Å². The van der Waals surface area contributed by atoms with E-state index >= 15 is 0 Å². The van der Waals surface area contributed by atoms with Crippen LogP contribution in [0.2, 0.25) is 0 Å². The highest BCUT2D eigenvalue weighted by Gasteiger charge is 2.34. The smallest absolute Gasteiger partial charge is 0.273 e. The Morgan fingerprint density at radius 2 is 0.925 bits per heavy atom. The second-order valence-electron chi connectivity index (χ2n) is 20.6. The van der Waals surface area contributed by atoms with Crippen LogP contribution in [0, 0.1) is 0 Å². The van der Waals surface area contributed by atoms with Gasteiger partial charge in [0.1, 0.15) is 30.2 Å². The number of aliphatic hydroxyl groups is 6. The van der Waals surface area contributed by atoms with E-state index in [0.29, 0.717) is 69.4 Å². The molecule has 3 aliphatic carbocycles. The second kappa shape index (κ2) is 34.7. The fourth-order valence-electron chi connectivity index (χ4n) is 9.10. The summed E-state index contributed by atoms with van der Waals surface area (Å²) in [5, 5.41) is 59.7. The minimum Gasteiger partial charge on any atom is -0.507 e. The van der Waals surface area contributed by atoms with Crippen LogP contribution in [0.3, 0.4) is 0 Å². The molecular formula is C63H88N2O15. The van der Waals surface area contributed by atoms with Gasteiger partial charge in [-0.2, -0.15) is 0 Å². The van der Waals surface area contributed by atoms with Gasteiger partial charge in [0.2, 0.25) is 17.5 Å². The molecule has 0 fully saturated rings. The fourth-order valence-corrected chi connectivity index (χ4v) is 9.10. The summed E-state index contributed by atoms with van der Waals surface area (Å²) in [6.07, 6.45) is 13.5. The lowest BCUT2D eigenvalue weighted by molar-refractivity contribution is -0.164. The number of hydrogen-bond acceptors (Lipinski definition) is 15. The molecule has 6 N–H and O–H groups in total. The van der Waals surface area contributed by atoms with Gasteiger partial charge in [-0.15, -0.1) is 0 Å². The standard InChI is InChI=1S/C28H45NO8.C23H35NO4.C12H8O3/c1-6-7-8-9-10-11-12-13-20(14-21-19(4)24(33)17(2)18(3)25(21)34)28(37)29(5)15-22(31)26(35)27(36)23(32)16-30;1-7-8-9-10-11-12-13-14-19(23(27)24(5)28-6)15-20-18(4)21(25)16(2)17(3)22(20)26;1-2-7-10(13)8-5-3-4-6-9(8)12(15)11(7)14/h14,22-23,26-27,30-32,35-36H,6-13,15-16H2,1-5H3;15H,7-14H2,1-6H3;2-6,13H,1H2/t22-,23+,26+,27+;;/m0../s1. The SMILES string of the molecule is C=CC1=C(O)c2ccccc2C(=O)C1=O.CCCCCCCCCC(=CC1=C(C)C(=O)C(C)=C(C)C1=O)C(=O)N(C)C[C@H](O)[C@@H](O)[C@H](O)[C@H](O)CO.CCCCCCCCCC(=CC1=C(C)C(=O)C(C)=C(C)C1=O)C(=O)N(C)OC. The lowest BCUT2D eigenvalue weighted by Gasteiger charge is -2.29. The Bertz CT molecular complexity index is 2680. The van der Waals surface area contributed by atoms with Gasteiger partial charge in [-0.25, -0.2) is 5.06 Å². The van der Waals surface area contributed by atoms with Crippen LogP contribution in [-0.2, 0) is 38.4 Å². The summed E-state index contributed by atoms with van der Waals surface area (Å²) in [6, 6.07) is 6.46. The van der Waals surface area contributed by atoms with Crippen LogP contribution in [0.4, 0.5) is 0 Å². The second-order valence-corrected chi connectivity index (χ2v) is 20.6. The molecule has 0 aliphatic heterocycles. The van der Waals surface area contributed by atoms with Gasteiger partial charge >= 0.3 is 0 Å². The van der Waals surface area contributed by atoms with E-state index in [0.717, 1.165) is 61.3 Å². The van der Waals surface area contributed by atoms with E-state index in [9.17, 15) is 63.9 Å². The van der Waals surface area contributed by atoms with Crippen molar-refractivity contribution in [2.45, 2.75) is 183 Å². The molecule has 0 spiro atoms. The summed E-state index contributed by atoms with van der Waals surface area (Å²) < 4.78 is 0. The van der Waals surface area contributed by atoms with Crippen molar-refractivity contribution in [1.29, 1.82) is 0 Å². The number of benzene rings is 1. The molecule has 440 valence electrons. The molecule has 0 unspecified atom stereocenters. The maximum atomic E-state index is 13.4. The summed E-state index contributed by atoms with van der Waals surface area (Å²) in [4.78, 5) is 106. The zero-order valence-electron chi connectivity index (χ0n) is 49.0. The number of ketones is 6. The number of amides is 2. The number of nitrogens with zero attached hydrogens (tertiary/aromatic N) is 2. The highest BCUT2D eigenvalue weighted by atomic mass is 16.7. The third-order valence-electron chi connectivity index (χ3n) is 14.8. The molecule has 1 aromatic carbocycles. The van der Waals surface area contributed by atoms with Crippen molar-refractivity contribution < 1.29 is 73.8 Å².